The van der Waals surface area contributed by atoms with Crippen molar-refractivity contribution >= 4 is 46.3 Å². The van der Waals surface area contributed by atoms with Gasteiger partial charge in [0, 0.05) is 37.3 Å². The van der Waals surface area contributed by atoms with Gasteiger partial charge in [-0.2, -0.15) is 0 Å². The van der Waals surface area contributed by atoms with E-state index in [0.717, 1.165) is 0 Å². The van der Waals surface area contributed by atoms with Crippen LogP contribution < -0.4 is 15.3 Å². The molecule has 1 fully saturated rings. The van der Waals surface area contributed by atoms with Gasteiger partial charge in [0.1, 0.15) is 11.7 Å². The summed E-state index contributed by atoms with van der Waals surface area (Å²) in [7, 11) is 0. The molecule has 1 saturated heterocycles. The molecular weight excluding hydrogens is 436 g/mol. The third-order valence-electron chi connectivity index (χ3n) is 5.38. The molecule has 1 N–H and O–H groups in total. The lowest BCUT2D eigenvalue weighted by Crippen LogP contribution is -2.60. The highest BCUT2D eigenvalue weighted by atomic mass is 35.5. The van der Waals surface area contributed by atoms with Crippen molar-refractivity contribution in [2.45, 2.75) is 13.0 Å². The third kappa shape index (κ3) is 4.22. The van der Waals surface area contributed by atoms with Crippen LogP contribution in [0.15, 0.2) is 53.5 Å². The average molecular weight is 457 g/mol. The molecule has 11 heteroatoms. The number of carbonyl (C=O) groups is 2. The number of rotatable bonds is 4. The highest BCUT2D eigenvalue weighted by molar-refractivity contribution is 6.39. The molecule has 166 valence electrons. The second kappa shape index (κ2) is 8.83. The van der Waals surface area contributed by atoms with Crippen LogP contribution >= 0.6 is 11.6 Å². The number of nitrogens with one attached hydrogen (secondary N) is 1. The summed E-state index contributed by atoms with van der Waals surface area (Å²) in [5.74, 6) is -0.491. The molecule has 2 aromatic rings. The molecule has 1 atom stereocenters. The highest BCUT2D eigenvalue weighted by Gasteiger charge is 2.34. The number of para-hydroxylation sites is 1. The fourth-order valence-electron chi connectivity index (χ4n) is 3.71. The minimum Gasteiger partial charge on any atom is -0.362 e. The Morgan fingerprint density at radius 3 is 2.50 bits per heavy atom. The second-order valence-corrected chi connectivity index (χ2v) is 7.88. The van der Waals surface area contributed by atoms with Crippen LogP contribution in [0.4, 0.5) is 17.1 Å². The summed E-state index contributed by atoms with van der Waals surface area (Å²) in [5.41, 5.74) is 3.86. The first-order valence-corrected chi connectivity index (χ1v) is 10.4. The summed E-state index contributed by atoms with van der Waals surface area (Å²) < 4.78 is 0. The predicted molar refractivity (Wildman–Crippen MR) is 121 cm³/mol. The Balaban J connectivity index is 1.46. The zero-order valence-corrected chi connectivity index (χ0v) is 18.0. The smallest absolute Gasteiger partial charge is 0.294 e. The number of nitrogens with zero attached hydrogens (tertiary/aromatic N) is 5. The first-order chi connectivity index (χ1) is 15.3. The SMILES string of the molecule is CC1N=C(C(=O)N2CCN(c3ccc(Cl)cc3[N+](=O)[O-])CC2)NN(c2ccccc2)C1=O. The van der Waals surface area contributed by atoms with Crippen molar-refractivity contribution in [3.05, 3.63) is 63.7 Å². The van der Waals surface area contributed by atoms with Crippen molar-refractivity contribution in [2.24, 2.45) is 4.99 Å². The van der Waals surface area contributed by atoms with Crippen molar-refractivity contribution in [2.75, 3.05) is 36.1 Å². The molecule has 0 spiro atoms. The van der Waals surface area contributed by atoms with E-state index in [9.17, 15) is 19.7 Å². The maximum atomic E-state index is 13.1. The van der Waals surface area contributed by atoms with Crippen LogP contribution in [0.2, 0.25) is 5.02 Å². The second-order valence-electron chi connectivity index (χ2n) is 7.44. The molecule has 2 amide bonds. The van der Waals surface area contributed by atoms with Crippen LogP contribution in [-0.4, -0.2) is 59.7 Å². The lowest BCUT2D eigenvalue weighted by Gasteiger charge is -2.37. The number of carbonyl (C=O) groups excluding carboxylic acids is 2. The van der Waals surface area contributed by atoms with Crippen LogP contribution in [-0.2, 0) is 9.59 Å². The monoisotopic (exact) mass is 456 g/mol. The van der Waals surface area contributed by atoms with E-state index >= 15 is 0 Å². The molecule has 0 aliphatic carbocycles. The van der Waals surface area contributed by atoms with E-state index < -0.39 is 11.0 Å². The Labute approximate surface area is 189 Å². The molecule has 1 unspecified atom stereocenters. The Kier molecular flexibility index (Phi) is 5.95. The lowest BCUT2D eigenvalue weighted by molar-refractivity contribution is -0.384. The van der Waals surface area contributed by atoms with Crippen molar-refractivity contribution in [1.29, 1.82) is 0 Å². The van der Waals surface area contributed by atoms with Gasteiger partial charge in [0.15, 0.2) is 0 Å². The molecular formula is C21H21ClN6O4. The molecule has 0 aromatic heterocycles. The summed E-state index contributed by atoms with van der Waals surface area (Å²) in [6.45, 7) is 3.18. The van der Waals surface area contributed by atoms with E-state index in [1.165, 1.54) is 11.1 Å². The number of aliphatic imine (C=N–C) groups is 1. The minimum atomic E-state index is -0.701. The molecule has 0 saturated carbocycles. The van der Waals surface area contributed by atoms with Gasteiger partial charge >= 0.3 is 0 Å². The van der Waals surface area contributed by atoms with E-state index in [1.807, 2.05) is 11.0 Å². The maximum Gasteiger partial charge on any atom is 0.294 e. The van der Waals surface area contributed by atoms with Gasteiger partial charge in [0.25, 0.3) is 17.5 Å². The van der Waals surface area contributed by atoms with E-state index in [0.29, 0.717) is 42.6 Å². The number of nitro groups is 1. The summed E-state index contributed by atoms with van der Waals surface area (Å²) in [6.07, 6.45) is 0. The minimum absolute atomic E-state index is 0.0681. The fraction of sp³-hybridized carbons (Fsp3) is 0.286. The van der Waals surface area contributed by atoms with Crippen LogP contribution in [0.3, 0.4) is 0 Å². The molecule has 0 radical (unpaired) electrons. The Morgan fingerprint density at radius 2 is 1.84 bits per heavy atom. The van der Waals surface area contributed by atoms with E-state index in [1.54, 1.807) is 48.2 Å². The Morgan fingerprint density at radius 1 is 1.16 bits per heavy atom. The Bertz CT molecular complexity index is 1080. The number of hydrogen-bond donors (Lipinski definition) is 1. The van der Waals surface area contributed by atoms with E-state index in [4.69, 9.17) is 11.6 Å². The summed E-state index contributed by atoms with van der Waals surface area (Å²) in [6, 6.07) is 12.8. The summed E-state index contributed by atoms with van der Waals surface area (Å²) in [4.78, 5) is 44.3. The van der Waals surface area contributed by atoms with Crippen LogP contribution in [0.25, 0.3) is 0 Å². The van der Waals surface area contributed by atoms with Gasteiger partial charge in [0.05, 0.1) is 10.6 Å². The van der Waals surface area contributed by atoms with Crippen LogP contribution in [0, 0.1) is 10.1 Å². The largest absolute Gasteiger partial charge is 0.362 e. The van der Waals surface area contributed by atoms with Gasteiger partial charge < -0.3 is 9.80 Å². The standard InChI is InChI=1S/C21H21ClN6O4/c1-14-20(29)27(16-5-3-2-4-6-16)24-19(23-14)21(30)26-11-9-25(10-12-26)17-8-7-15(22)13-18(17)28(31)32/h2-8,13-14H,9-12H2,1H3,(H,23,24). The number of benzene rings is 2. The van der Waals surface area contributed by atoms with E-state index in [2.05, 4.69) is 10.4 Å². The number of hydrogen-bond acceptors (Lipinski definition) is 7. The van der Waals surface area contributed by atoms with Crippen LogP contribution in [0.1, 0.15) is 6.92 Å². The van der Waals surface area contributed by atoms with Crippen LogP contribution in [0.5, 0.6) is 0 Å². The first kappa shape index (κ1) is 21.6. The quantitative estimate of drug-likeness (QED) is 0.558. The van der Waals surface area contributed by atoms with Crippen molar-refractivity contribution < 1.29 is 14.5 Å². The third-order valence-corrected chi connectivity index (χ3v) is 5.61. The average Bonchev–Trinajstić information content (AvgIpc) is 2.81. The molecule has 2 aliphatic heterocycles. The number of nitro benzene ring substituents is 1. The van der Waals surface area contributed by atoms with Gasteiger partial charge in [-0.25, -0.2) is 10.0 Å². The zero-order chi connectivity index (χ0) is 22.8. The number of anilines is 2. The topological polar surface area (TPSA) is 111 Å². The number of halogens is 1. The number of amides is 2. The molecule has 2 heterocycles. The zero-order valence-electron chi connectivity index (χ0n) is 17.3. The van der Waals surface area contributed by atoms with Crippen molar-refractivity contribution in [3.63, 3.8) is 0 Å². The Hall–Kier alpha value is -3.66. The van der Waals surface area contributed by atoms with Gasteiger partial charge in [-0.1, -0.05) is 29.8 Å². The van der Waals surface area contributed by atoms with Crippen molar-refractivity contribution in [1.82, 2.24) is 10.3 Å². The summed E-state index contributed by atoms with van der Waals surface area (Å²) in [5, 5.41) is 13.0. The molecule has 10 nitrogen and oxygen atoms in total. The molecule has 2 aliphatic rings. The van der Waals surface area contributed by atoms with E-state index in [-0.39, 0.29) is 23.3 Å². The molecule has 2 aromatic carbocycles. The maximum absolute atomic E-state index is 13.1. The van der Waals surface area contributed by atoms with Gasteiger partial charge in [0.2, 0.25) is 5.84 Å². The molecule has 32 heavy (non-hydrogen) atoms. The highest BCUT2D eigenvalue weighted by Crippen LogP contribution is 2.31. The summed E-state index contributed by atoms with van der Waals surface area (Å²) >= 11 is 5.90. The van der Waals surface area contributed by atoms with Crippen molar-refractivity contribution in [3.8, 4) is 0 Å². The first-order valence-electron chi connectivity index (χ1n) is 10.1. The number of piperazine rings is 1. The van der Waals surface area contributed by atoms with Gasteiger partial charge in [-0.3, -0.25) is 25.1 Å². The van der Waals surface area contributed by atoms with Gasteiger partial charge in [-0.05, 0) is 31.2 Å². The number of hydrazine groups is 1. The molecule has 4 rings (SSSR count). The van der Waals surface area contributed by atoms with Gasteiger partial charge in [-0.15, -0.1) is 0 Å². The fourth-order valence-corrected chi connectivity index (χ4v) is 3.87. The predicted octanol–water partition coefficient (Wildman–Crippen LogP) is 2.24. The lowest BCUT2D eigenvalue weighted by atomic mass is 10.2. The molecule has 0 bridgehead atoms. The normalized spacial score (nSPS) is 18.8. The number of amidine groups is 1.